The first kappa shape index (κ1) is 23.4. The molecular formula is C20H31IN6O2. The molecule has 8 nitrogen and oxygen atoms in total. The molecule has 3 N–H and O–H groups in total. The second kappa shape index (κ2) is 12.0. The highest BCUT2D eigenvalue weighted by molar-refractivity contribution is 14.0. The number of nitrogens with zero attached hydrogens (tertiary/aromatic N) is 3. The summed E-state index contributed by atoms with van der Waals surface area (Å²) in [7, 11) is 0. The van der Waals surface area contributed by atoms with Gasteiger partial charge in [0, 0.05) is 32.2 Å². The van der Waals surface area contributed by atoms with E-state index in [1.807, 2.05) is 13.0 Å². The molecule has 2 aliphatic rings. The zero-order valence-electron chi connectivity index (χ0n) is 16.9. The lowest BCUT2D eigenvalue weighted by Gasteiger charge is -2.23. The van der Waals surface area contributed by atoms with Gasteiger partial charge in [-0.1, -0.05) is 30.3 Å². The zero-order valence-corrected chi connectivity index (χ0v) is 19.2. The van der Waals surface area contributed by atoms with E-state index in [1.54, 1.807) is 0 Å². The first-order valence-corrected chi connectivity index (χ1v) is 10.1. The Hall–Kier alpha value is -1.88. The average molecular weight is 514 g/mol. The Balaban J connectivity index is 0.00000300. The van der Waals surface area contributed by atoms with Gasteiger partial charge in [-0.2, -0.15) is 0 Å². The SMILES string of the molecule is CCNC(=NCC1CCCN1Cc1ccccc1)NCCN1C(=O)CNC1=O.I. The third-order valence-corrected chi connectivity index (χ3v) is 5.10. The number of carbonyl (C=O) groups excluding carboxylic acids is 2. The summed E-state index contributed by atoms with van der Waals surface area (Å²) in [6.07, 6.45) is 2.35. The zero-order chi connectivity index (χ0) is 19.8. The van der Waals surface area contributed by atoms with Crippen LogP contribution in [0.4, 0.5) is 4.79 Å². The molecule has 0 aromatic heterocycles. The van der Waals surface area contributed by atoms with Crippen molar-refractivity contribution in [1.29, 1.82) is 0 Å². The Kier molecular flexibility index (Phi) is 9.65. The summed E-state index contributed by atoms with van der Waals surface area (Å²) < 4.78 is 0. The molecule has 0 bridgehead atoms. The lowest BCUT2D eigenvalue weighted by atomic mass is 10.2. The maximum atomic E-state index is 11.6. The minimum atomic E-state index is -0.323. The van der Waals surface area contributed by atoms with Crippen LogP contribution < -0.4 is 16.0 Å². The number of imide groups is 1. The van der Waals surface area contributed by atoms with Crippen molar-refractivity contribution in [3.05, 3.63) is 35.9 Å². The fourth-order valence-electron chi connectivity index (χ4n) is 3.63. The highest BCUT2D eigenvalue weighted by atomic mass is 127. The lowest BCUT2D eigenvalue weighted by Crippen LogP contribution is -2.43. The van der Waals surface area contributed by atoms with Gasteiger partial charge >= 0.3 is 6.03 Å². The molecule has 2 fully saturated rings. The quantitative estimate of drug-likeness (QED) is 0.211. The number of carbonyl (C=O) groups is 2. The maximum Gasteiger partial charge on any atom is 0.324 e. The molecule has 3 rings (SSSR count). The fraction of sp³-hybridized carbons (Fsp3) is 0.550. The predicted molar refractivity (Wildman–Crippen MR) is 124 cm³/mol. The number of rotatable bonds is 8. The standard InChI is InChI=1S/C20H30N6O2.HI/c1-2-21-19(22-10-12-26-18(27)14-24-20(26)28)23-13-17-9-6-11-25(17)15-16-7-4-3-5-8-16;/h3-5,7-8,17H,2,6,9-15H2,1H3,(H,24,28)(H2,21,22,23);1H. The van der Waals surface area contributed by atoms with Gasteiger partial charge in [0.25, 0.3) is 0 Å². The summed E-state index contributed by atoms with van der Waals surface area (Å²) in [5.74, 6) is 0.539. The first-order chi connectivity index (χ1) is 13.7. The van der Waals surface area contributed by atoms with E-state index in [-0.39, 0.29) is 42.5 Å². The molecule has 1 aromatic rings. The fourth-order valence-corrected chi connectivity index (χ4v) is 3.63. The highest BCUT2D eigenvalue weighted by Gasteiger charge is 2.28. The molecule has 1 aromatic carbocycles. The predicted octanol–water partition coefficient (Wildman–Crippen LogP) is 1.38. The number of benzene rings is 1. The van der Waals surface area contributed by atoms with Crippen LogP contribution >= 0.6 is 24.0 Å². The van der Waals surface area contributed by atoms with E-state index in [9.17, 15) is 9.59 Å². The second-order valence-corrected chi connectivity index (χ2v) is 7.10. The molecule has 29 heavy (non-hydrogen) atoms. The number of aliphatic imine (C=N–C) groups is 1. The van der Waals surface area contributed by atoms with Gasteiger partial charge in [-0.05, 0) is 31.9 Å². The van der Waals surface area contributed by atoms with Crippen LogP contribution in [0.2, 0.25) is 0 Å². The van der Waals surface area contributed by atoms with Gasteiger partial charge in [0.15, 0.2) is 5.96 Å². The van der Waals surface area contributed by atoms with E-state index in [0.29, 0.717) is 19.1 Å². The van der Waals surface area contributed by atoms with Crippen LogP contribution in [0.5, 0.6) is 0 Å². The third kappa shape index (κ3) is 6.84. The normalized spacial score (nSPS) is 19.8. The highest BCUT2D eigenvalue weighted by Crippen LogP contribution is 2.20. The van der Waals surface area contributed by atoms with Crippen molar-refractivity contribution in [1.82, 2.24) is 25.8 Å². The van der Waals surface area contributed by atoms with Gasteiger partial charge in [0.05, 0.1) is 13.1 Å². The molecule has 2 saturated heterocycles. The summed E-state index contributed by atoms with van der Waals surface area (Å²) in [4.78, 5) is 31.7. The maximum absolute atomic E-state index is 11.6. The minimum Gasteiger partial charge on any atom is -0.357 e. The van der Waals surface area contributed by atoms with Crippen molar-refractivity contribution in [2.24, 2.45) is 4.99 Å². The number of nitrogens with one attached hydrogen (secondary N) is 3. The monoisotopic (exact) mass is 514 g/mol. The van der Waals surface area contributed by atoms with Crippen molar-refractivity contribution in [3.63, 3.8) is 0 Å². The molecule has 9 heteroatoms. The van der Waals surface area contributed by atoms with Crippen LogP contribution in [-0.2, 0) is 11.3 Å². The number of hydrogen-bond donors (Lipinski definition) is 3. The molecule has 0 spiro atoms. The molecule has 0 saturated carbocycles. The first-order valence-electron chi connectivity index (χ1n) is 10.1. The molecule has 2 heterocycles. The Morgan fingerprint density at radius 2 is 2.03 bits per heavy atom. The van der Waals surface area contributed by atoms with E-state index in [2.05, 4.69) is 45.1 Å². The molecular weight excluding hydrogens is 483 g/mol. The van der Waals surface area contributed by atoms with Crippen molar-refractivity contribution in [3.8, 4) is 0 Å². The lowest BCUT2D eigenvalue weighted by molar-refractivity contribution is -0.124. The minimum absolute atomic E-state index is 0. The van der Waals surface area contributed by atoms with E-state index < -0.39 is 0 Å². The summed E-state index contributed by atoms with van der Waals surface area (Å²) in [5, 5.41) is 8.99. The summed E-state index contributed by atoms with van der Waals surface area (Å²) in [6.45, 7) is 6.46. The van der Waals surface area contributed by atoms with Crippen LogP contribution in [0.1, 0.15) is 25.3 Å². The molecule has 0 radical (unpaired) electrons. The number of guanidine groups is 1. The summed E-state index contributed by atoms with van der Waals surface area (Å²) in [5.41, 5.74) is 1.33. The van der Waals surface area contributed by atoms with Crippen LogP contribution in [0.3, 0.4) is 0 Å². The van der Waals surface area contributed by atoms with E-state index in [0.717, 1.165) is 38.6 Å². The summed E-state index contributed by atoms with van der Waals surface area (Å²) >= 11 is 0. The number of hydrogen-bond acceptors (Lipinski definition) is 4. The molecule has 3 amide bonds. The van der Waals surface area contributed by atoms with E-state index in [4.69, 9.17) is 4.99 Å². The van der Waals surface area contributed by atoms with E-state index >= 15 is 0 Å². The number of amides is 3. The third-order valence-electron chi connectivity index (χ3n) is 5.10. The largest absolute Gasteiger partial charge is 0.357 e. The van der Waals surface area contributed by atoms with Crippen molar-refractivity contribution in [2.75, 3.05) is 39.3 Å². The van der Waals surface area contributed by atoms with Gasteiger partial charge in [0.2, 0.25) is 5.91 Å². The van der Waals surface area contributed by atoms with Crippen LogP contribution in [0.15, 0.2) is 35.3 Å². The molecule has 1 unspecified atom stereocenters. The summed E-state index contributed by atoms with van der Waals surface area (Å²) in [6, 6.07) is 10.6. The number of likely N-dealkylation sites (tertiary alicyclic amines) is 1. The number of halogens is 1. The van der Waals surface area contributed by atoms with Gasteiger partial charge < -0.3 is 16.0 Å². The Morgan fingerprint density at radius 3 is 2.72 bits per heavy atom. The smallest absolute Gasteiger partial charge is 0.324 e. The van der Waals surface area contributed by atoms with Crippen molar-refractivity contribution < 1.29 is 9.59 Å². The van der Waals surface area contributed by atoms with Gasteiger partial charge in [0.1, 0.15) is 0 Å². The Labute approximate surface area is 189 Å². The van der Waals surface area contributed by atoms with E-state index in [1.165, 1.54) is 16.9 Å². The van der Waals surface area contributed by atoms with Gasteiger partial charge in [-0.3, -0.25) is 19.6 Å². The molecule has 0 aliphatic carbocycles. The molecule has 160 valence electrons. The number of urea groups is 1. The van der Waals surface area contributed by atoms with Gasteiger partial charge in [-0.15, -0.1) is 24.0 Å². The Morgan fingerprint density at radius 1 is 1.24 bits per heavy atom. The Bertz CT molecular complexity index is 683. The van der Waals surface area contributed by atoms with Crippen molar-refractivity contribution >= 4 is 41.9 Å². The van der Waals surface area contributed by atoms with Crippen molar-refractivity contribution in [2.45, 2.75) is 32.4 Å². The molecule has 2 aliphatic heterocycles. The second-order valence-electron chi connectivity index (χ2n) is 7.10. The van der Waals surface area contributed by atoms with Crippen LogP contribution in [0.25, 0.3) is 0 Å². The van der Waals surface area contributed by atoms with Crippen LogP contribution in [0, 0.1) is 0 Å². The molecule has 1 atom stereocenters. The van der Waals surface area contributed by atoms with Crippen LogP contribution in [-0.4, -0.2) is 73.0 Å². The average Bonchev–Trinajstić information content (AvgIpc) is 3.27. The topological polar surface area (TPSA) is 89.1 Å². The van der Waals surface area contributed by atoms with Gasteiger partial charge in [-0.25, -0.2) is 4.79 Å².